The molecule has 2 amide bonds. The van der Waals surface area contributed by atoms with Gasteiger partial charge >= 0.3 is 6.03 Å². The van der Waals surface area contributed by atoms with Gasteiger partial charge in [0.15, 0.2) is 0 Å². The fraction of sp³-hybridized carbons (Fsp3) is 0.417. The summed E-state index contributed by atoms with van der Waals surface area (Å²) < 4.78 is 0. The Morgan fingerprint density at radius 1 is 1.44 bits per heavy atom. The SMILES string of the molecule is Cc1ccc(NC(=O)NC2CCC2)cc1O. The van der Waals surface area contributed by atoms with Crippen molar-refractivity contribution in [1.29, 1.82) is 0 Å². The highest BCUT2D eigenvalue weighted by Gasteiger charge is 2.19. The zero-order valence-corrected chi connectivity index (χ0v) is 9.29. The number of amides is 2. The van der Waals surface area contributed by atoms with Crippen LogP contribution in [-0.4, -0.2) is 17.2 Å². The van der Waals surface area contributed by atoms with E-state index in [4.69, 9.17) is 0 Å². The Morgan fingerprint density at radius 2 is 2.19 bits per heavy atom. The first-order valence-electron chi connectivity index (χ1n) is 5.52. The van der Waals surface area contributed by atoms with Crippen LogP contribution < -0.4 is 10.6 Å². The van der Waals surface area contributed by atoms with Crippen LogP contribution in [-0.2, 0) is 0 Å². The van der Waals surface area contributed by atoms with Gasteiger partial charge in [0, 0.05) is 17.8 Å². The van der Waals surface area contributed by atoms with E-state index < -0.39 is 0 Å². The van der Waals surface area contributed by atoms with E-state index in [0.29, 0.717) is 11.7 Å². The first-order valence-corrected chi connectivity index (χ1v) is 5.52. The third-order valence-electron chi connectivity index (χ3n) is 2.91. The largest absolute Gasteiger partial charge is 0.508 e. The average Bonchev–Trinajstić information content (AvgIpc) is 2.18. The number of urea groups is 1. The number of benzene rings is 1. The van der Waals surface area contributed by atoms with Gasteiger partial charge in [0.25, 0.3) is 0 Å². The summed E-state index contributed by atoms with van der Waals surface area (Å²) in [5, 5.41) is 15.0. The van der Waals surface area contributed by atoms with Gasteiger partial charge in [-0.2, -0.15) is 0 Å². The van der Waals surface area contributed by atoms with E-state index in [1.807, 2.05) is 6.92 Å². The van der Waals surface area contributed by atoms with Crippen molar-refractivity contribution >= 4 is 11.7 Å². The van der Waals surface area contributed by atoms with E-state index in [-0.39, 0.29) is 11.8 Å². The molecule has 0 spiro atoms. The second kappa shape index (κ2) is 4.43. The summed E-state index contributed by atoms with van der Waals surface area (Å²) in [6.45, 7) is 1.81. The van der Waals surface area contributed by atoms with Crippen LogP contribution in [0.2, 0.25) is 0 Å². The van der Waals surface area contributed by atoms with Gasteiger partial charge in [-0.3, -0.25) is 0 Å². The third kappa shape index (κ3) is 2.45. The number of aromatic hydroxyl groups is 1. The molecule has 0 aliphatic heterocycles. The maximum atomic E-state index is 11.5. The zero-order chi connectivity index (χ0) is 11.5. The lowest BCUT2D eigenvalue weighted by atomic mass is 9.93. The lowest BCUT2D eigenvalue weighted by Gasteiger charge is -2.26. The monoisotopic (exact) mass is 220 g/mol. The minimum absolute atomic E-state index is 0.196. The van der Waals surface area contributed by atoms with Crippen molar-refractivity contribution in [2.75, 3.05) is 5.32 Å². The first-order chi connectivity index (χ1) is 7.65. The highest BCUT2D eigenvalue weighted by molar-refractivity contribution is 5.89. The third-order valence-corrected chi connectivity index (χ3v) is 2.91. The number of carbonyl (C=O) groups excluding carboxylic acids is 1. The Kier molecular flexibility index (Phi) is 2.99. The maximum absolute atomic E-state index is 11.5. The van der Waals surface area contributed by atoms with Crippen LogP contribution in [0.15, 0.2) is 18.2 Å². The van der Waals surface area contributed by atoms with Gasteiger partial charge in [0.05, 0.1) is 0 Å². The molecule has 1 aromatic carbocycles. The molecular weight excluding hydrogens is 204 g/mol. The molecule has 4 nitrogen and oxygen atoms in total. The quantitative estimate of drug-likeness (QED) is 0.716. The van der Waals surface area contributed by atoms with Crippen LogP contribution in [0.3, 0.4) is 0 Å². The van der Waals surface area contributed by atoms with Crippen LogP contribution in [0.1, 0.15) is 24.8 Å². The topological polar surface area (TPSA) is 61.4 Å². The smallest absolute Gasteiger partial charge is 0.319 e. The van der Waals surface area contributed by atoms with E-state index in [2.05, 4.69) is 10.6 Å². The summed E-state index contributed by atoms with van der Waals surface area (Å²) in [6, 6.07) is 5.21. The van der Waals surface area contributed by atoms with Crippen molar-refractivity contribution < 1.29 is 9.90 Å². The molecule has 16 heavy (non-hydrogen) atoms. The molecule has 0 radical (unpaired) electrons. The van der Waals surface area contributed by atoms with Gasteiger partial charge in [-0.15, -0.1) is 0 Å². The molecule has 1 aliphatic rings. The molecule has 86 valence electrons. The van der Waals surface area contributed by atoms with Gasteiger partial charge in [0.1, 0.15) is 5.75 Å². The second-order valence-electron chi connectivity index (χ2n) is 4.23. The minimum Gasteiger partial charge on any atom is -0.508 e. The van der Waals surface area contributed by atoms with Crippen molar-refractivity contribution in [3.63, 3.8) is 0 Å². The Balaban J connectivity index is 1.92. The average molecular weight is 220 g/mol. The molecule has 2 rings (SSSR count). The molecule has 0 unspecified atom stereocenters. The highest BCUT2D eigenvalue weighted by atomic mass is 16.3. The number of phenols is 1. The number of aryl methyl sites for hydroxylation is 1. The Bertz CT molecular complexity index is 400. The number of hydrogen-bond donors (Lipinski definition) is 3. The molecule has 0 saturated heterocycles. The Hall–Kier alpha value is -1.71. The van der Waals surface area contributed by atoms with Crippen LogP contribution in [0.4, 0.5) is 10.5 Å². The number of carbonyl (C=O) groups is 1. The number of hydrogen-bond acceptors (Lipinski definition) is 2. The van der Waals surface area contributed by atoms with E-state index in [0.717, 1.165) is 18.4 Å². The maximum Gasteiger partial charge on any atom is 0.319 e. The molecule has 0 heterocycles. The van der Waals surface area contributed by atoms with Crippen LogP contribution in [0, 0.1) is 6.92 Å². The van der Waals surface area contributed by atoms with Crippen LogP contribution >= 0.6 is 0 Å². The highest BCUT2D eigenvalue weighted by Crippen LogP contribution is 2.21. The van der Waals surface area contributed by atoms with Gasteiger partial charge in [0.2, 0.25) is 0 Å². The van der Waals surface area contributed by atoms with Gasteiger partial charge < -0.3 is 15.7 Å². The van der Waals surface area contributed by atoms with Gasteiger partial charge in [-0.1, -0.05) is 6.07 Å². The van der Waals surface area contributed by atoms with Crippen molar-refractivity contribution in [2.45, 2.75) is 32.2 Å². The number of rotatable bonds is 2. The van der Waals surface area contributed by atoms with E-state index >= 15 is 0 Å². The lowest BCUT2D eigenvalue weighted by molar-refractivity contribution is 0.240. The van der Waals surface area contributed by atoms with Crippen molar-refractivity contribution in [3.8, 4) is 5.75 Å². The fourth-order valence-corrected chi connectivity index (χ4v) is 1.59. The molecule has 4 heteroatoms. The van der Waals surface area contributed by atoms with Crippen molar-refractivity contribution in [3.05, 3.63) is 23.8 Å². The van der Waals surface area contributed by atoms with Crippen LogP contribution in [0.25, 0.3) is 0 Å². The van der Waals surface area contributed by atoms with E-state index in [1.165, 1.54) is 6.42 Å². The molecule has 1 aliphatic carbocycles. The number of anilines is 1. The van der Waals surface area contributed by atoms with Crippen LogP contribution in [0.5, 0.6) is 5.75 Å². The summed E-state index contributed by atoms with van der Waals surface area (Å²) in [7, 11) is 0. The number of phenolic OH excluding ortho intramolecular Hbond substituents is 1. The molecule has 1 aromatic rings. The minimum atomic E-state index is -0.201. The summed E-state index contributed by atoms with van der Waals surface area (Å²) in [5.74, 6) is 0.196. The predicted octanol–water partition coefficient (Wildman–Crippen LogP) is 2.37. The molecule has 3 N–H and O–H groups in total. The number of nitrogens with one attached hydrogen (secondary N) is 2. The Labute approximate surface area is 94.7 Å². The van der Waals surface area contributed by atoms with Crippen molar-refractivity contribution in [1.82, 2.24) is 5.32 Å². The lowest BCUT2D eigenvalue weighted by Crippen LogP contribution is -2.41. The summed E-state index contributed by atoms with van der Waals surface area (Å²) in [6.07, 6.45) is 3.31. The molecule has 1 saturated carbocycles. The zero-order valence-electron chi connectivity index (χ0n) is 9.29. The standard InChI is InChI=1S/C12H16N2O2/c1-8-5-6-10(7-11(8)15)14-12(16)13-9-3-2-4-9/h5-7,9,15H,2-4H2,1H3,(H2,13,14,16). The van der Waals surface area contributed by atoms with Crippen molar-refractivity contribution in [2.24, 2.45) is 0 Å². The Morgan fingerprint density at radius 3 is 2.75 bits per heavy atom. The molecule has 0 aromatic heterocycles. The molecule has 0 bridgehead atoms. The van der Waals surface area contributed by atoms with Gasteiger partial charge in [-0.05, 0) is 37.8 Å². The molecule has 0 atom stereocenters. The molecule has 1 fully saturated rings. The first kappa shape index (κ1) is 10.8. The summed E-state index contributed by atoms with van der Waals surface area (Å²) in [5.41, 5.74) is 1.41. The molecular formula is C12H16N2O2. The summed E-state index contributed by atoms with van der Waals surface area (Å²) >= 11 is 0. The van der Waals surface area contributed by atoms with Gasteiger partial charge in [-0.25, -0.2) is 4.79 Å². The predicted molar refractivity (Wildman–Crippen MR) is 62.6 cm³/mol. The van der Waals surface area contributed by atoms with E-state index in [1.54, 1.807) is 18.2 Å². The van der Waals surface area contributed by atoms with E-state index in [9.17, 15) is 9.90 Å². The summed E-state index contributed by atoms with van der Waals surface area (Å²) in [4.78, 5) is 11.5. The fourth-order valence-electron chi connectivity index (χ4n) is 1.59. The second-order valence-corrected chi connectivity index (χ2v) is 4.23. The normalized spacial score (nSPS) is 15.3.